The minimum atomic E-state index is -1.38. The Morgan fingerprint density at radius 3 is 2.36 bits per heavy atom. The first kappa shape index (κ1) is 9.56. The molecule has 1 rings (SSSR count). The van der Waals surface area contributed by atoms with Crippen molar-refractivity contribution in [1.29, 1.82) is 10.5 Å². The second-order valence-corrected chi connectivity index (χ2v) is 2.45. The number of carboxylic acid groups (broad SMARTS) is 1. The zero-order chi connectivity index (χ0) is 10.7. The molecule has 0 aromatic heterocycles. The molecule has 0 bridgehead atoms. The number of phenols is 1. The highest BCUT2D eigenvalue weighted by Gasteiger charge is 2.15. The molecule has 5 heteroatoms. The molecule has 2 N–H and O–H groups in total. The van der Waals surface area contributed by atoms with Crippen LogP contribution in [-0.4, -0.2) is 16.2 Å². The van der Waals surface area contributed by atoms with E-state index in [9.17, 15) is 9.90 Å². The third-order valence-corrected chi connectivity index (χ3v) is 1.59. The van der Waals surface area contributed by atoms with Gasteiger partial charge in [-0.25, -0.2) is 4.79 Å². The standard InChI is InChI=1S/C9H4N2O3/c10-3-5-1-6(4-11)8(12)7(2-5)9(13)14/h1-2,12H,(H,13,14). The molecule has 0 unspecified atom stereocenters. The predicted octanol–water partition coefficient (Wildman–Crippen LogP) is 0.834. The van der Waals surface area contributed by atoms with Crippen LogP contribution in [0, 0.1) is 22.7 Å². The molecule has 0 saturated heterocycles. The Morgan fingerprint density at radius 2 is 1.93 bits per heavy atom. The molecule has 0 aliphatic rings. The van der Waals surface area contributed by atoms with Gasteiger partial charge in [0.15, 0.2) is 0 Å². The van der Waals surface area contributed by atoms with Gasteiger partial charge in [-0.1, -0.05) is 0 Å². The number of hydrogen-bond acceptors (Lipinski definition) is 4. The molecule has 1 aromatic rings. The first-order valence-electron chi connectivity index (χ1n) is 3.50. The first-order valence-corrected chi connectivity index (χ1v) is 3.50. The molecule has 1 aromatic carbocycles. The van der Waals surface area contributed by atoms with Crippen LogP contribution < -0.4 is 0 Å². The van der Waals surface area contributed by atoms with Crippen LogP contribution in [0.5, 0.6) is 5.75 Å². The molecule has 0 fully saturated rings. The largest absolute Gasteiger partial charge is 0.506 e. The fourth-order valence-electron chi connectivity index (χ4n) is 0.947. The molecule has 0 atom stereocenters. The summed E-state index contributed by atoms with van der Waals surface area (Å²) in [5, 5.41) is 34.9. The van der Waals surface area contributed by atoms with Gasteiger partial charge in [-0.05, 0) is 12.1 Å². The quantitative estimate of drug-likeness (QED) is 0.679. The van der Waals surface area contributed by atoms with Crippen molar-refractivity contribution in [1.82, 2.24) is 0 Å². The molecule has 0 spiro atoms. The number of carboxylic acids is 1. The number of rotatable bonds is 1. The van der Waals surface area contributed by atoms with Gasteiger partial charge in [0, 0.05) is 0 Å². The topological polar surface area (TPSA) is 105 Å². The maximum Gasteiger partial charge on any atom is 0.339 e. The van der Waals surface area contributed by atoms with Crippen molar-refractivity contribution >= 4 is 5.97 Å². The molecule has 0 amide bonds. The number of carbonyl (C=O) groups is 1. The lowest BCUT2D eigenvalue weighted by Crippen LogP contribution is -1.99. The number of benzene rings is 1. The monoisotopic (exact) mass is 188 g/mol. The molecule has 0 heterocycles. The first-order chi connectivity index (χ1) is 6.60. The molecule has 0 radical (unpaired) electrons. The highest BCUT2D eigenvalue weighted by molar-refractivity contribution is 5.92. The van der Waals surface area contributed by atoms with Gasteiger partial charge in [0.25, 0.3) is 0 Å². The van der Waals surface area contributed by atoms with Gasteiger partial charge in [-0.15, -0.1) is 0 Å². The average molecular weight is 188 g/mol. The smallest absolute Gasteiger partial charge is 0.339 e. The molecule has 0 saturated carbocycles. The second-order valence-electron chi connectivity index (χ2n) is 2.45. The molecule has 5 nitrogen and oxygen atoms in total. The van der Waals surface area contributed by atoms with Gasteiger partial charge in [-0.3, -0.25) is 0 Å². The van der Waals surface area contributed by atoms with E-state index < -0.39 is 17.3 Å². The fraction of sp³-hybridized carbons (Fsp3) is 0. The summed E-state index contributed by atoms with van der Waals surface area (Å²) in [6, 6.07) is 5.44. The Morgan fingerprint density at radius 1 is 1.29 bits per heavy atom. The van der Waals surface area contributed by atoms with Gasteiger partial charge >= 0.3 is 5.97 Å². The molecule has 68 valence electrons. The van der Waals surface area contributed by atoms with E-state index in [1.807, 2.05) is 0 Å². The third kappa shape index (κ3) is 1.47. The summed E-state index contributed by atoms with van der Waals surface area (Å²) in [7, 11) is 0. The SMILES string of the molecule is N#Cc1cc(C#N)c(O)c(C(=O)O)c1. The zero-order valence-electron chi connectivity index (χ0n) is 6.85. The van der Waals surface area contributed by atoms with Crippen LogP contribution in [0.2, 0.25) is 0 Å². The van der Waals surface area contributed by atoms with Crippen LogP contribution in [-0.2, 0) is 0 Å². The van der Waals surface area contributed by atoms with E-state index in [1.165, 1.54) is 0 Å². The highest BCUT2D eigenvalue weighted by atomic mass is 16.4. The summed E-state index contributed by atoms with van der Waals surface area (Å²) < 4.78 is 0. The van der Waals surface area contributed by atoms with Crippen molar-refractivity contribution < 1.29 is 15.0 Å². The number of nitrogens with zero attached hydrogens (tertiary/aromatic N) is 2. The normalized spacial score (nSPS) is 8.71. The number of nitriles is 2. The Labute approximate surface area is 79.1 Å². The number of hydrogen-bond donors (Lipinski definition) is 2. The molecular formula is C9H4N2O3. The molecule has 0 aliphatic heterocycles. The van der Waals surface area contributed by atoms with Gasteiger partial charge in [-0.2, -0.15) is 10.5 Å². The van der Waals surface area contributed by atoms with Crippen molar-refractivity contribution in [3.8, 4) is 17.9 Å². The van der Waals surface area contributed by atoms with E-state index in [1.54, 1.807) is 12.1 Å². The van der Waals surface area contributed by atoms with Crippen molar-refractivity contribution in [2.75, 3.05) is 0 Å². The van der Waals surface area contributed by atoms with Crippen LogP contribution >= 0.6 is 0 Å². The summed E-state index contributed by atoms with van der Waals surface area (Å²) in [6.07, 6.45) is 0. The lowest BCUT2D eigenvalue weighted by atomic mass is 10.1. The maximum absolute atomic E-state index is 10.6. The molecule has 0 aliphatic carbocycles. The van der Waals surface area contributed by atoms with Crippen LogP contribution in [0.1, 0.15) is 21.5 Å². The van der Waals surface area contributed by atoms with Gasteiger partial charge in [0.2, 0.25) is 0 Å². The van der Waals surface area contributed by atoms with E-state index in [4.69, 9.17) is 15.6 Å². The van der Waals surface area contributed by atoms with E-state index in [-0.39, 0.29) is 11.1 Å². The second kappa shape index (κ2) is 3.46. The van der Waals surface area contributed by atoms with Crippen molar-refractivity contribution in [3.63, 3.8) is 0 Å². The van der Waals surface area contributed by atoms with Gasteiger partial charge in [0.05, 0.1) is 17.2 Å². The Kier molecular flexibility index (Phi) is 2.36. The van der Waals surface area contributed by atoms with Crippen LogP contribution in [0.25, 0.3) is 0 Å². The molecular weight excluding hydrogens is 184 g/mol. The van der Waals surface area contributed by atoms with Crippen molar-refractivity contribution in [2.45, 2.75) is 0 Å². The van der Waals surface area contributed by atoms with Crippen LogP contribution in [0.3, 0.4) is 0 Å². The van der Waals surface area contributed by atoms with Crippen LogP contribution in [0.4, 0.5) is 0 Å². The molecule has 14 heavy (non-hydrogen) atoms. The summed E-state index contributed by atoms with van der Waals surface area (Å²) in [5.41, 5.74) is -0.640. The maximum atomic E-state index is 10.6. The lowest BCUT2D eigenvalue weighted by molar-refractivity contribution is 0.0693. The lowest BCUT2D eigenvalue weighted by Gasteiger charge is -2.01. The van der Waals surface area contributed by atoms with E-state index in [2.05, 4.69) is 0 Å². The Balaban J connectivity index is 3.54. The van der Waals surface area contributed by atoms with Crippen molar-refractivity contribution in [3.05, 3.63) is 28.8 Å². The number of aromatic hydroxyl groups is 1. The Hall–Kier alpha value is -2.53. The summed E-state index contributed by atoms with van der Waals surface area (Å²) >= 11 is 0. The van der Waals surface area contributed by atoms with Gasteiger partial charge < -0.3 is 10.2 Å². The van der Waals surface area contributed by atoms with E-state index >= 15 is 0 Å². The third-order valence-electron chi connectivity index (χ3n) is 1.59. The summed E-state index contributed by atoms with van der Waals surface area (Å²) in [5.74, 6) is -1.99. The predicted molar refractivity (Wildman–Crippen MR) is 44.5 cm³/mol. The number of aromatic carboxylic acids is 1. The summed E-state index contributed by atoms with van der Waals surface area (Å²) in [6.45, 7) is 0. The summed E-state index contributed by atoms with van der Waals surface area (Å²) in [4.78, 5) is 10.6. The minimum absolute atomic E-state index is 0.0248. The van der Waals surface area contributed by atoms with E-state index in [0.717, 1.165) is 12.1 Å². The Bertz CT molecular complexity index is 480. The minimum Gasteiger partial charge on any atom is -0.506 e. The van der Waals surface area contributed by atoms with E-state index in [0.29, 0.717) is 0 Å². The fourth-order valence-corrected chi connectivity index (χ4v) is 0.947. The highest BCUT2D eigenvalue weighted by Crippen LogP contribution is 2.23. The van der Waals surface area contributed by atoms with Gasteiger partial charge in [0.1, 0.15) is 17.4 Å². The zero-order valence-corrected chi connectivity index (χ0v) is 6.85. The van der Waals surface area contributed by atoms with Crippen molar-refractivity contribution in [2.24, 2.45) is 0 Å². The van der Waals surface area contributed by atoms with Crippen LogP contribution in [0.15, 0.2) is 12.1 Å². The average Bonchev–Trinajstić information content (AvgIpc) is 2.17.